The molecule has 1 unspecified atom stereocenters. The third kappa shape index (κ3) is 2.74. The molecule has 2 aromatic carbocycles. The molecule has 0 amide bonds. The molecule has 0 saturated heterocycles. The molecule has 1 atom stereocenters. The Morgan fingerprint density at radius 2 is 1.78 bits per heavy atom. The number of hydrogen-bond acceptors (Lipinski definition) is 1. The Morgan fingerprint density at radius 3 is 2.39 bits per heavy atom. The third-order valence-corrected chi connectivity index (χ3v) is 3.82. The van der Waals surface area contributed by atoms with Crippen molar-refractivity contribution in [1.29, 1.82) is 0 Å². The van der Waals surface area contributed by atoms with Crippen molar-refractivity contribution in [3.63, 3.8) is 0 Å². The Hall–Kier alpha value is -0.900. The van der Waals surface area contributed by atoms with Crippen molar-refractivity contribution in [2.24, 2.45) is 0 Å². The average molecular weight is 330 g/mol. The number of halogens is 3. The summed E-state index contributed by atoms with van der Waals surface area (Å²) in [7, 11) is 0. The molecule has 94 valence electrons. The Morgan fingerprint density at radius 1 is 1.17 bits per heavy atom. The molecule has 0 aromatic heterocycles. The summed E-state index contributed by atoms with van der Waals surface area (Å²) in [5, 5.41) is 10.8. The van der Waals surface area contributed by atoms with Crippen molar-refractivity contribution < 1.29 is 9.50 Å². The SMILES string of the molecule is Cc1ccc(C(O)c2ccc(Br)c(F)c2)cc1Cl. The van der Waals surface area contributed by atoms with E-state index in [1.54, 1.807) is 24.3 Å². The first-order valence-corrected chi connectivity index (χ1v) is 6.55. The number of rotatable bonds is 2. The van der Waals surface area contributed by atoms with Crippen LogP contribution in [0.1, 0.15) is 22.8 Å². The van der Waals surface area contributed by atoms with E-state index in [-0.39, 0.29) is 0 Å². The Kier molecular flexibility index (Phi) is 4.05. The van der Waals surface area contributed by atoms with Crippen molar-refractivity contribution in [3.8, 4) is 0 Å². The van der Waals surface area contributed by atoms with Gasteiger partial charge >= 0.3 is 0 Å². The molecular weight excluding hydrogens is 319 g/mol. The highest BCUT2D eigenvalue weighted by Crippen LogP contribution is 2.28. The van der Waals surface area contributed by atoms with Gasteiger partial charge in [-0.05, 0) is 57.7 Å². The number of hydrogen-bond donors (Lipinski definition) is 1. The van der Waals surface area contributed by atoms with E-state index < -0.39 is 11.9 Å². The maximum atomic E-state index is 13.4. The number of benzene rings is 2. The summed E-state index contributed by atoms with van der Waals surface area (Å²) in [6.45, 7) is 1.89. The van der Waals surface area contributed by atoms with E-state index in [1.807, 2.05) is 13.0 Å². The molecule has 2 rings (SSSR count). The van der Waals surface area contributed by atoms with E-state index in [0.717, 1.165) is 5.56 Å². The van der Waals surface area contributed by atoms with Gasteiger partial charge in [0.2, 0.25) is 0 Å². The number of aliphatic hydroxyl groups excluding tert-OH is 1. The second kappa shape index (κ2) is 5.39. The Bertz CT molecular complexity index is 535. The molecule has 0 saturated carbocycles. The van der Waals surface area contributed by atoms with E-state index in [0.29, 0.717) is 20.6 Å². The molecule has 0 heterocycles. The van der Waals surface area contributed by atoms with Gasteiger partial charge in [0.05, 0.1) is 4.47 Å². The van der Waals surface area contributed by atoms with Crippen LogP contribution in [-0.4, -0.2) is 5.11 Å². The molecule has 0 radical (unpaired) electrons. The van der Waals surface area contributed by atoms with Gasteiger partial charge in [-0.3, -0.25) is 0 Å². The molecule has 0 fully saturated rings. The third-order valence-electron chi connectivity index (χ3n) is 2.77. The molecule has 0 aliphatic rings. The van der Waals surface area contributed by atoms with Gasteiger partial charge < -0.3 is 5.11 Å². The smallest absolute Gasteiger partial charge is 0.137 e. The quantitative estimate of drug-likeness (QED) is 0.851. The largest absolute Gasteiger partial charge is 0.384 e. The van der Waals surface area contributed by atoms with Crippen LogP contribution >= 0.6 is 27.5 Å². The van der Waals surface area contributed by atoms with Crippen LogP contribution in [0.25, 0.3) is 0 Å². The van der Waals surface area contributed by atoms with Crippen LogP contribution < -0.4 is 0 Å². The maximum Gasteiger partial charge on any atom is 0.137 e. The lowest BCUT2D eigenvalue weighted by Gasteiger charge is -2.13. The normalized spacial score (nSPS) is 12.5. The number of aryl methyl sites for hydroxylation is 1. The second-order valence-corrected chi connectivity index (χ2v) is 5.35. The fraction of sp³-hybridized carbons (Fsp3) is 0.143. The minimum absolute atomic E-state index is 0.375. The predicted octanol–water partition coefficient (Wildman–Crippen LogP) is 4.63. The molecule has 18 heavy (non-hydrogen) atoms. The van der Waals surface area contributed by atoms with Gasteiger partial charge in [0.15, 0.2) is 0 Å². The second-order valence-electron chi connectivity index (χ2n) is 4.08. The molecule has 4 heteroatoms. The summed E-state index contributed by atoms with van der Waals surface area (Å²) in [6, 6.07) is 9.86. The summed E-state index contributed by atoms with van der Waals surface area (Å²) in [4.78, 5) is 0. The minimum Gasteiger partial charge on any atom is -0.384 e. The van der Waals surface area contributed by atoms with Crippen molar-refractivity contribution in [1.82, 2.24) is 0 Å². The van der Waals surface area contributed by atoms with Gasteiger partial charge in [-0.15, -0.1) is 0 Å². The van der Waals surface area contributed by atoms with E-state index in [1.165, 1.54) is 6.07 Å². The molecule has 0 bridgehead atoms. The standard InChI is InChI=1S/C14H11BrClFO/c1-8-2-3-9(6-12(8)16)14(18)10-4-5-11(15)13(17)7-10/h2-7,14,18H,1H3. The van der Waals surface area contributed by atoms with E-state index in [4.69, 9.17) is 11.6 Å². The van der Waals surface area contributed by atoms with Gasteiger partial charge in [0.25, 0.3) is 0 Å². The summed E-state index contributed by atoms with van der Waals surface area (Å²) in [6.07, 6.45) is -0.884. The van der Waals surface area contributed by atoms with Gasteiger partial charge in [0.1, 0.15) is 11.9 Å². The van der Waals surface area contributed by atoms with Crippen LogP contribution in [0.15, 0.2) is 40.9 Å². The van der Waals surface area contributed by atoms with Crippen LogP contribution in [-0.2, 0) is 0 Å². The first kappa shape index (κ1) is 13.5. The maximum absolute atomic E-state index is 13.4. The lowest BCUT2D eigenvalue weighted by molar-refractivity contribution is 0.220. The molecular formula is C14H11BrClFO. The van der Waals surface area contributed by atoms with Crippen LogP contribution in [0.3, 0.4) is 0 Å². The lowest BCUT2D eigenvalue weighted by Crippen LogP contribution is -2.00. The van der Waals surface area contributed by atoms with Crippen LogP contribution in [0.2, 0.25) is 5.02 Å². The molecule has 2 aromatic rings. The molecule has 0 aliphatic heterocycles. The highest BCUT2D eigenvalue weighted by molar-refractivity contribution is 9.10. The van der Waals surface area contributed by atoms with Crippen molar-refractivity contribution >= 4 is 27.5 Å². The Balaban J connectivity index is 2.37. The average Bonchev–Trinajstić information content (AvgIpc) is 2.35. The van der Waals surface area contributed by atoms with Gasteiger partial charge in [-0.2, -0.15) is 0 Å². The van der Waals surface area contributed by atoms with E-state index in [9.17, 15) is 9.50 Å². The van der Waals surface area contributed by atoms with Crippen molar-refractivity contribution in [2.75, 3.05) is 0 Å². The van der Waals surface area contributed by atoms with Gasteiger partial charge in [-0.25, -0.2) is 4.39 Å². The fourth-order valence-electron chi connectivity index (χ4n) is 1.65. The zero-order chi connectivity index (χ0) is 13.3. The zero-order valence-electron chi connectivity index (χ0n) is 9.62. The molecule has 1 N–H and O–H groups in total. The molecule has 1 nitrogen and oxygen atoms in total. The number of aliphatic hydroxyl groups is 1. The van der Waals surface area contributed by atoms with Crippen LogP contribution in [0.4, 0.5) is 4.39 Å². The summed E-state index contributed by atoms with van der Waals surface area (Å²) >= 11 is 9.09. The van der Waals surface area contributed by atoms with Gasteiger partial charge in [-0.1, -0.05) is 29.8 Å². The fourth-order valence-corrected chi connectivity index (χ4v) is 2.09. The zero-order valence-corrected chi connectivity index (χ0v) is 12.0. The summed E-state index contributed by atoms with van der Waals surface area (Å²) in [5.41, 5.74) is 2.08. The lowest BCUT2D eigenvalue weighted by atomic mass is 10.0. The topological polar surface area (TPSA) is 20.2 Å². The molecule has 0 spiro atoms. The first-order chi connectivity index (χ1) is 8.49. The van der Waals surface area contributed by atoms with Crippen molar-refractivity contribution in [2.45, 2.75) is 13.0 Å². The van der Waals surface area contributed by atoms with Crippen LogP contribution in [0, 0.1) is 12.7 Å². The first-order valence-electron chi connectivity index (χ1n) is 5.38. The highest BCUT2D eigenvalue weighted by atomic mass is 79.9. The summed E-state index contributed by atoms with van der Waals surface area (Å²) in [5.74, 6) is -0.398. The Labute approximate surface area is 118 Å². The highest BCUT2D eigenvalue weighted by Gasteiger charge is 2.13. The minimum atomic E-state index is -0.884. The predicted molar refractivity (Wildman–Crippen MR) is 74.4 cm³/mol. The van der Waals surface area contributed by atoms with Gasteiger partial charge in [0, 0.05) is 5.02 Å². The van der Waals surface area contributed by atoms with E-state index in [2.05, 4.69) is 15.9 Å². The monoisotopic (exact) mass is 328 g/mol. The van der Waals surface area contributed by atoms with Crippen molar-refractivity contribution in [3.05, 3.63) is 68.4 Å². The molecule has 0 aliphatic carbocycles. The van der Waals surface area contributed by atoms with Crippen LogP contribution in [0.5, 0.6) is 0 Å². The summed E-state index contributed by atoms with van der Waals surface area (Å²) < 4.78 is 13.8. The van der Waals surface area contributed by atoms with E-state index >= 15 is 0 Å².